The summed E-state index contributed by atoms with van der Waals surface area (Å²) in [5.74, 6) is 0. The van der Waals surface area contributed by atoms with E-state index in [1.165, 1.54) is 116 Å². The zero-order chi connectivity index (χ0) is 31.5. The molecule has 0 aromatic heterocycles. The molecule has 254 valence electrons. The van der Waals surface area contributed by atoms with Gasteiger partial charge >= 0.3 is 8.60 Å². The van der Waals surface area contributed by atoms with E-state index in [9.17, 15) is 15.1 Å². The molecular weight excluding hydrogens is 547 g/mol. The Bertz CT molecular complexity index is 534. The minimum Gasteiger partial charge on any atom is -0.385 e. The number of unbranched alkanes of at least 4 members (excludes halogenated alkanes) is 18. The molecule has 0 fully saturated rings. The standard InChI is InChI=1S/C34H75N2O5P/c1-7-9-11-13-15-17-19-21-23-25-27-35(3,4)29-33(37)31-40-42(39)41-32-34(38)30-36(5,6)28-26-24-22-20-18-16-14-12-10-8-2/h33-34,37-39H,7-32H2,1-6H3/q+2. The molecule has 0 aliphatic rings. The van der Waals surface area contributed by atoms with Gasteiger partial charge in [-0.2, -0.15) is 0 Å². The Hall–Kier alpha value is 0.150. The van der Waals surface area contributed by atoms with Crippen LogP contribution in [-0.2, 0) is 9.05 Å². The van der Waals surface area contributed by atoms with Gasteiger partial charge in [-0.3, -0.25) is 0 Å². The predicted octanol–water partition coefficient (Wildman–Crippen LogP) is 7.96. The SMILES string of the molecule is CCCCCCCCCCCC[N+](C)(C)CC(O)COP(O)OCC(O)C[N+](C)(C)CCCCCCCCCCCC. The topological polar surface area (TPSA) is 79.2 Å². The van der Waals surface area contributed by atoms with E-state index in [0.29, 0.717) is 13.1 Å². The molecule has 42 heavy (non-hydrogen) atoms. The van der Waals surface area contributed by atoms with Crippen LogP contribution >= 0.6 is 8.60 Å². The molecule has 0 aromatic carbocycles. The van der Waals surface area contributed by atoms with E-state index in [2.05, 4.69) is 42.0 Å². The number of hydrogen-bond acceptors (Lipinski definition) is 5. The highest BCUT2D eigenvalue weighted by atomic mass is 31.2. The average molecular weight is 623 g/mol. The summed E-state index contributed by atoms with van der Waals surface area (Å²) in [5, 5.41) is 20.9. The van der Waals surface area contributed by atoms with Gasteiger partial charge in [0.25, 0.3) is 0 Å². The highest BCUT2D eigenvalue weighted by Gasteiger charge is 2.24. The number of aliphatic hydroxyl groups is 2. The van der Waals surface area contributed by atoms with Gasteiger partial charge in [-0.1, -0.05) is 117 Å². The third kappa shape index (κ3) is 28.9. The van der Waals surface area contributed by atoms with Crippen molar-refractivity contribution in [3.8, 4) is 0 Å². The van der Waals surface area contributed by atoms with E-state index >= 15 is 0 Å². The molecule has 0 aliphatic carbocycles. The third-order valence-electron chi connectivity index (χ3n) is 8.40. The van der Waals surface area contributed by atoms with Gasteiger partial charge in [0, 0.05) is 0 Å². The van der Waals surface area contributed by atoms with Gasteiger partial charge < -0.3 is 33.1 Å². The maximum Gasteiger partial charge on any atom is 0.330 e. The molecule has 0 heterocycles. The van der Waals surface area contributed by atoms with Crippen molar-refractivity contribution in [3.05, 3.63) is 0 Å². The van der Waals surface area contributed by atoms with E-state index in [-0.39, 0.29) is 13.2 Å². The second-order valence-electron chi connectivity index (χ2n) is 14.2. The molecule has 0 rings (SSSR count). The second kappa shape index (κ2) is 27.5. The van der Waals surface area contributed by atoms with Crippen LogP contribution < -0.4 is 0 Å². The summed E-state index contributed by atoms with van der Waals surface area (Å²) in [6.07, 6.45) is 25.1. The van der Waals surface area contributed by atoms with Crippen LogP contribution in [-0.4, -0.2) is 104 Å². The smallest absolute Gasteiger partial charge is 0.330 e. The molecule has 0 aliphatic heterocycles. The Morgan fingerprint density at radius 2 is 0.738 bits per heavy atom. The van der Waals surface area contributed by atoms with Crippen LogP contribution in [0.25, 0.3) is 0 Å². The van der Waals surface area contributed by atoms with Gasteiger partial charge in [0.1, 0.15) is 25.3 Å². The monoisotopic (exact) mass is 623 g/mol. The molecule has 0 aromatic rings. The van der Waals surface area contributed by atoms with Gasteiger partial charge in [0.05, 0.1) is 54.5 Å². The van der Waals surface area contributed by atoms with Crippen LogP contribution in [0, 0.1) is 0 Å². The lowest BCUT2D eigenvalue weighted by Gasteiger charge is -2.32. The Balaban J connectivity index is 3.88. The predicted molar refractivity (Wildman–Crippen MR) is 180 cm³/mol. The molecule has 3 N–H and O–H groups in total. The van der Waals surface area contributed by atoms with Gasteiger partial charge in [-0.25, -0.2) is 0 Å². The summed E-state index contributed by atoms with van der Waals surface area (Å²) >= 11 is 0. The minimum absolute atomic E-state index is 0.0400. The molecular formula is C34H75N2O5P+2. The van der Waals surface area contributed by atoms with Crippen molar-refractivity contribution in [1.29, 1.82) is 0 Å². The highest BCUT2D eigenvalue weighted by Crippen LogP contribution is 2.33. The highest BCUT2D eigenvalue weighted by molar-refractivity contribution is 7.40. The molecule has 2 unspecified atom stereocenters. The van der Waals surface area contributed by atoms with Crippen LogP contribution in [0.3, 0.4) is 0 Å². The Kier molecular flexibility index (Phi) is 27.6. The lowest BCUT2D eigenvalue weighted by Crippen LogP contribution is -2.47. The zero-order valence-electron chi connectivity index (χ0n) is 29.0. The second-order valence-corrected chi connectivity index (χ2v) is 15.2. The van der Waals surface area contributed by atoms with Crippen LogP contribution in [0.15, 0.2) is 0 Å². The third-order valence-corrected chi connectivity index (χ3v) is 9.14. The quantitative estimate of drug-likeness (QED) is 0.0403. The number of hydrogen-bond donors (Lipinski definition) is 3. The van der Waals surface area contributed by atoms with Crippen LogP contribution in [0.4, 0.5) is 0 Å². The molecule has 8 heteroatoms. The van der Waals surface area contributed by atoms with Gasteiger partial charge in [0.2, 0.25) is 0 Å². The largest absolute Gasteiger partial charge is 0.385 e. The molecule has 0 radical (unpaired) electrons. The summed E-state index contributed by atoms with van der Waals surface area (Å²) in [7, 11) is 6.45. The van der Waals surface area contributed by atoms with E-state index in [1.807, 2.05) is 0 Å². The number of nitrogens with zero attached hydrogens (tertiary/aromatic N) is 2. The van der Waals surface area contributed by atoms with Gasteiger partial charge in [-0.05, 0) is 25.7 Å². The fourth-order valence-electron chi connectivity index (χ4n) is 5.82. The van der Waals surface area contributed by atoms with E-state index in [0.717, 1.165) is 34.9 Å². The molecule has 0 amide bonds. The van der Waals surface area contributed by atoms with Crippen molar-refractivity contribution in [1.82, 2.24) is 0 Å². The van der Waals surface area contributed by atoms with Gasteiger partial charge in [0.15, 0.2) is 0 Å². The van der Waals surface area contributed by atoms with E-state index in [1.54, 1.807) is 0 Å². The average Bonchev–Trinajstić information content (AvgIpc) is 2.92. The molecule has 0 bridgehead atoms. The molecule has 0 saturated heterocycles. The first kappa shape index (κ1) is 42.1. The van der Waals surface area contributed by atoms with Crippen LogP contribution in [0.5, 0.6) is 0 Å². The normalized spacial score (nSPS) is 14.8. The minimum atomic E-state index is -2.11. The molecule has 0 saturated carbocycles. The Labute approximate surface area is 263 Å². The summed E-state index contributed by atoms with van der Waals surface area (Å²) in [6.45, 7) is 7.81. The van der Waals surface area contributed by atoms with Crippen molar-refractivity contribution in [2.75, 3.05) is 67.6 Å². The summed E-state index contributed by atoms with van der Waals surface area (Å²) in [6, 6.07) is 0. The van der Waals surface area contributed by atoms with Crippen LogP contribution in [0.1, 0.15) is 142 Å². The molecule has 7 nitrogen and oxygen atoms in total. The first-order valence-electron chi connectivity index (χ1n) is 17.8. The molecule has 0 spiro atoms. The number of rotatable bonds is 32. The van der Waals surface area contributed by atoms with Crippen LogP contribution in [0.2, 0.25) is 0 Å². The fraction of sp³-hybridized carbons (Fsp3) is 1.00. The first-order valence-corrected chi connectivity index (χ1v) is 18.9. The van der Waals surface area contributed by atoms with E-state index in [4.69, 9.17) is 9.05 Å². The van der Waals surface area contributed by atoms with Crippen molar-refractivity contribution in [2.45, 2.75) is 154 Å². The zero-order valence-corrected chi connectivity index (χ0v) is 29.9. The lowest BCUT2D eigenvalue weighted by molar-refractivity contribution is -0.893. The maximum atomic E-state index is 10.5. The summed E-state index contributed by atoms with van der Waals surface area (Å²) in [4.78, 5) is 10.1. The summed E-state index contributed by atoms with van der Waals surface area (Å²) < 4.78 is 12.3. The molecule has 2 atom stereocenters. The first-order chi connectivity index (χ1) is 20.0. The Morgan fingerprint density at radius 1 is 0.476 bits per heavy atom. The maximum absolute atomic E-state index is 10.5. The van der Waals surface area contributed by atoms with E-state index < -0.39 is 20.8 Å². The lowest BCUT2D eigenvalue weighted by atomic mass is 10.1. The van der Waals surface area contributed by atoms with Crippen molar-refractivity contribution in [3.63, 3.8) is 0 Å². The van der Waals surface area contributed by atoms with Gasteiger partial charge in [-0.15, -0.1) is 0 Å². The number of quaternary nitrogens is 2. The van der Waals surface area contributed by atoms with Crippen molar-refractivity contribution >= 4 is 8.60 Å². The number of likely N-dealkylation sites (N-methyl/N-ethyl adjacent to an activating group) is 2. The fourth-order valence-corrected chi connectivity index (χ4v) is 6.49. The summed E-state index contributed by atoms with van der Waals surface area (Å²) in [5.41, 5.74) is 0. The van der Waals surface area contributed by atoms with Crippen molar-refractivity contribution < 1.29 is 33.1 Å². The Morgan fingerprint density at radius 3 is 1.02 bits per heavy atom. The number of aliphatic hydroxyl groups excluding tert-OH is 2. The van der Waals surface area contributed by atoms with Crippen molar-refractivity contribution in [2.24, 2.45) is 0 Å².